The fourth-order valence-corrected chi connectivity index (χ4v) is 1.36. The summed E-state index contributed by atoms with van der Waals surface area (Å²) in [5.41, 5.74) is 2.14. The van der Waals surface area contributed by atoms with E-state index in [2.05, 4.69) is 17.2 Å². The topological polar surface area (TPSA) is 58.4 Å². The zero-order valence-electron chi connectivity index (χ0n) is 7.55. The zero-order valence-corrected chi connectivity index (χ0v) is 7.55. The van der Waals surface area contributed by atoms with Crippen LogP contribution in [0.3, 0.4) is 0 Å². The van der Waals surface area contributed by atoms with E-state index in [1.165, 1.54) is 12.8 Å². The van der Waals surface area contributed by atoms with Crippen molar-refractivity contribution in [2.75, 3.05) is 13.1 Å². The summed E-state index contributed by atoms with van der Waals surface area (Å²) in [5.74, 6) is 4.90. The van der Waals surface area contributed by atoms with E-state index in [9.17, 15) is 4.79 Å². The molecule has 0 saturated heterocycles. The van der Waals surface area contributed by atoms with Crippen molar-refractivity contribution in [2.24, 2.45) is 5.84 Å². The second-order valence-corrected chi connectivity index (χ2v) is 3.18. The van der Waals surface area contributed by atoms with Gasteiger partial charge in [-0.1, -0.05) is 6.92 Å². The molecule has 0 aromatic heterocycles. The molecule has 1 aliphatic rings. The lowest BCUT2D eigenvalue weighted by atomic mass is 10.3. The standard InChI is InChI=1S/C8H17N3O/c1-2-11(7-3-4-7)6-5-8(12)10-9/h7H,2-6,9H2,1H3,(H,10,12). The quantitative estimate of drug-likeness (QED) is 0.343. The van der Waals surface area contributed by atoms with Gasteiger partial charge in [0, 0.05) is 19.0 Å². The molecular formula is C8H17N3O. The summed E-state index contributed by atoms with van der Waals surface area (Å²) in [7, 11) is 0. The minimum Gasteiger partial charge on any atom is -0.300 e. The normalized spacial score (nSPS) is 16.6. The monoisotopic (exact) mass is 171 g/mol. The van der Waals surface area contributed by atoms with Gasteiger partial charge in [0.15, 0.2) is 0 Å². The molecular weight excluding hydrogens is 154 g/mol. The predicted molar refractivity (Wildman–Crippen MR) is 47.2 cm³/mol. The van der Waals surface area contributed by atoms with Gasteiger partial charge in [-0.25, -0.2) is 5.84 Å². The number of amides is 1. The van der Waals surface area contributed by atoms with Crippen molar-refractivity contribution in [3.05, 3.63) is 0 Å². The van der Waals surface area contributed by atoms with Crippen LogP contribution in [0.25, 0.3) is 0 Å². The minimum absolute atomic E-state index is 0.0749. The molecule has 0 unspecified atom stereocenters. The zero-order chi connectivity index (χ0) is 8.97. The second kappa shape index (κ2) is 4.42. The predicted octanol–water partition coefficient (Wildman–Crippen LogP) is -0.149. The number of rotatable bonds is 5. The Hall–Kier alpha value is -0.610. The van der Waals surface area contributed by atoms with Gasteiger partial charge in [-0.3, -0.25) is 10.2 Å². The highest BCUT2D eigenvalue weighted by molar-refractivity contribution is 5.75. The molecule has 70 valence electrons. The van der Waals surface area contributed by atoms with Crippen LogP contribution in [0, 0.1) is 0 Å². The molecule has 12 heavy (non-hydrogen) atoms. The molecule has 0 atom stereocenters. The van der Waals surface area contributed by atoms with E-state index < -0.39 is 0 Å². The Morgan fingerprint density at radius 2 is 2.33 bits per heavy atom. The van der Waals surface area contributed by atoms with Crippen LogP contribution >= 0.6 is 0 Å². The summed E-state index contributed by atoms with van der Waals surface area (Å²) in [6, 6.07) is 0.737. The Balaban J connectivity index is 2.14. The van der Waals surface area contributed by atoms with Crippen molar-refractivity contribution < 1.29 is 4.79 Å². The molecule has 0 spiro atoms. The summed E-state index contributed by atoms with van der Waals surface area (Å²) in [6.07, 6.45) is 3.09. The van der Waals surface area contributed by atoms with Crippen molar-refractivity contribution in [2.45, 2.75) is 32.2 Å². The Morgan fingerprint density at radius 1 is 1.67 bits per heavy atom. The molecule has 1 amide bonds. The van der Waals surface area contributed by atoms with Crippen molar-refractivity contribution in [3.63, 3.8) is 0 Å². The molecule has 3 N–H and O–H groups in total. The van der Waals surface area contributed by atoms with Crippen molar-refractivity contribution >= 4 is 5.91 Å². The van der Waals surface area contributed by atoms with E-state index in [1.54, 1.807) is 0 Å². The highest BCUT2D eigenvalue weighted by Gasteiger charge is 2.27. The van der Waals surface area contributed by atoms with Gasteiger partial charge in [0.1, 0.15) is 0 Å². The number of carbonyl (C=O) groups excluding carboxylic acids is 1. The first-order valence-electron chi connectivity index (χ1n) is 4.51. The van der Waals surface area contributed by atoms with E-state index >= 15 is 0 Å². The van der Waals surface area contributed by atoms with E-state index in [0.717, 1.165) is 19.1 Å². The summed E-state index contributed by atoms with van der Waals surface area (Å²) in [6.45, 7) is 3.99. The van der Waals surface area contributed by atoms with Crippen molar-refractivity contribution in [1.29, 1.82) is 0 Å². The number of nitrogens with one attached hydrogen (secondary N) is 1. The Morgan fingerprint density at radius 3 is 2.75 bits per heavy atom. The third kappa shape index (κ3) is 2.79. The van der Waals surface area contributed by atoms with Crippen LogP contribution in [0.1, 0.15) is 26.2 Å². The van der Waals surface area contributed by atoms with Crippen LogP contribution in [-0.4, -0.2) is 29.9 Å². The molecule has 0 aromatic carbocycles. The average Bonchev–Trinajstić information content (AvgIpc) is 2.89. The van der Waals surface area contributed by atoms with Gasteiger partial charge in [0.25, 0.3) is 0 Å². The lowest BCUT2D eigenvalue weighted by Crippen LogP contribution is -2.35. The van der Waals surface area contributed by atoms with Crippen LogP contribution in [0.4, 0.5) is 0 Å². The lowest BCUT2D eigenvalue weighted by molar-refractivity contribution is -0.121. The largest absolute Gasteiger partial charge is 0.300 e. The maximum Gasteiger partial charge on any atom is 0.235 e. The molecule has 0 aromatic rings. The lowest BCUT2D eigenvalue weighted by Gasteiger charge is -2.18. The number of hydrazine groups is 1. The smallest absolute Gasteiger partial charge is 0.235 e. The van der Waals surface area contributed by atoms with Crippen LogP contribution < -0.4 is 11.3 Å². The van der Waals surface area contributed by atoms with E-state index in [-0.39, 0.29) is 5.91 Å². The van der Waals surface area contributed by atoms with Crippen LogP contribution in [-0.2, 0) is 4.79 Å². The van der Waals surface area contributed by atoms with Gasteiger partial charge >= 0.3 is 0 Å². The maximum atomic E-state index is 10.8. The van der Waals surface area contributed by atoms with Gasteiger partial charge in [-0.2, -0.15) is 0 Å². The maximum absolute atomic E-state index is 10.8. The molecule has 1 saturated carbocycles. The SMILES string of the molecule is CCN(CCC(=O)NN)C1CC1. The fraction of sp³-hybridized carbons (Fsp3) is 0.875. The van der Waals surface area contributed by atoms with Gasteiger partial charge in [-0.05, 0) is 19.4 Å². The molecule has 4 heteroatoms. The summed E-state index contributed by atoms with van der Waals surface area (Å²) in [5, 5.41) is 0. The van der Waals surface area contributed by atoms with Crippen molar-refractivity contribution in [3.8, 4) is 0 Å². The van der Waals surface area contributed by atoms with Crippen LogP contribution in [0.2, 0.25) is 0 Å². The molecule has 0 aliphatic heterocycles. The number of hydrogen-bond acceptors (Lipinski definition) is 3. The van der Waals surface area contributed by atoms with E-state index in [4.69, 9.17) is 5.84 Å². The first-order chi connectivity index (χ1) is 5.77. The Kier molecular flexibility index (Phi) is 3.49. The van der Waals surface area contributed by atoms with E-state index in [0.29, 0.717) is 6.42 Å². The number of carbonyl (C=O) groups is 1. The molecule has 0 radical (unpaired) electrons. The second-order valence-electron chi connectivity index (χ2n) is 3.18. The van der Waals surface area contributed by atoms with Crippen LogP contribution in [0.5, 0.6) is 0 Å². The first-order valence-corrected chi connectivity index (χ1v) is 4.51. The van der Waals surface area contributed by atoms with E-state index in [1.807, 2.05) is 0 Å². The summed E-state index contributed by atoms with van der Waals surface area (Å²) in [4.78, 5) is 13.1. The van der Waals surface area contributed by atoms with Gasteiger partial charge in [0.05, 0.1) is 0 Å². The molecule has 1 rings (SSSR count). The van der Waals surface area contributed by atoms with Gasteiger partial charge < -0.3 is 4.90 Å². The number of nitrogens with zero attached hydrogens (tertiary/aromatic N) is 1. The highest BCUT2D eigenvalue weighted by atomic mass is 16.2. The van der Waals surface area contributed by atoms with Crippen LogP contribution in [0.15, 0.2) is 0 Å². The molecule has 4 nitrogen and oxygen atoms in total. The molecule has 1 fully saturated rings. The first kappa shape index (κ1) is 9.48. The Bertz CT molecular complexity index is 156. The van der Waals surface area contributed by atoms with Gasteiger partial charge in [-0.15, -0.1) is 0 Å². The number of hydrogen-bond donors (Lipinski definition) is 2. The fourth-order valence-electron chi connectivity index (χ4n) is 1.36. The third-order valence-electron chi connectivity index (χ3n) is 2.26. The molecule has 1 aliphatic carbocycles. The summed E-state index contributed by atoms with van der Waals surface area (Å²) >= 11 is 0. The Labute approximate surface area is 73.1 Å². The summed E-state index contributed by atoms with van der Waals surface area (Å²) < 4.78 is 0. The van der Waals surface area contributed by atoms with Crippen molar-refractivity contribution in [1.82, 2.24) is 10.3 Å². The minimum atomic E-state index is -0.0749. The third-order valence-corrected chi connectivity index (χ3v) is 2.26. The molecule has 0 heterocycles. The highest BCUT2D eigenvalue weighted by Crippen LogP contribution is 2.26. The average molecular weight is 171 g/mol. The van der Waals surface area contributed by atoms with Gasteiger partial charge in [0.2, 0.25) is 5.91 Å². The molecule has 0 bridgehead atoms. The number of nitrogens with two attached hydrogens (primary N) is 1.